The number of carboxylic acids is 1. The van der Waals surface area contributed by atoms with Crippen molar-refractivity contribution < 1.29 is 29.0 Å². The van der Waals surface area contributed by atoms with Gasteiger partial charge in [-0.25, -0.2) is 9.59 Å². The van der Waals surface area contributed by atoms with Gasteiger partial charge in [0.2, 0.25) is 5.91 Å². The summed E-state index contributed by atoms with van der Waals surface area (Å²) in [6.07, 6.45) is -1.14. The molecule has 2 unspecified atom stereocenters. The largest absolute Gasteiger partial charge is 0.480 e. The molecule has 0 fully saturated rings. The number of carboxylic acid groups (broad SMARTS) is 1. The van der Waals surface area contributed by atoms with Crippen LogP contribution in [0.25, 0.3) is 11.1 Å². The van der Waals surface area contributed by atoms with E-state index in [2.05, 4.69) is 22.8 Å². The Labute approximate surface area is 199 Å². The Kier molecular flexibility index (Phi) is 8.28. The van der Waals surface area contributed by atoms with Crippen LogP contribution < -0.4 is 10.6 Å². The van der Waals surface area contributed by atoms with E-state index >= 15 is 0 Å². The van der Waals surface area contributed by atoms with Crippen molar-refractivity contribution in [1.82, 2.24) is 10.6 Å². The molecule has 8 nitrogen and oxygen atoms in total. The zero-order chi connectivity index (χ0) is 24.8. The summed E-state index contributed by atoms with van der Waals surface area (Å²) >= 11 is 0. The minimum atomic E-state index is -1.24. The van der Waals surface area contributed by atoms with Crippen molar-refractivity contribution in [2.24, 2.45) is 5.92 Å². The van der Waals surface area contributed by atoms with Gasteiger partial charge in [-0.05, 0) is 41.5 Å². The summed E-state index contributed by atoms with van der Waals surface area (Å²) in [5.74, 6) is -1.84. The number of carbonyl (C=O) groups excluding carboxylic acids is 2. The summed E-state index contributed by atoms with van der Waals surface area (Å²) in [4.78, 5) is 37.1. The molecule has 34 heavy (non-hydrogen) atoms. The zero-order valence-corrected chi connectivity index (χ0v) is 19.9. The van der Waals surface area contributed by atoms with Crippen molar-refractivity contribution in [2.75, 3.05) is 13.7 Å². The molecule has 2 aromatic carbocycles. The number of alkyl carbamates (subject to hydrolysis) is 1. The molecule has 0 aromatic heterocycles. The van der Waals surface area contributed by atoms with Gasteiger partial charge in [0.05, 0.1) is 6.10 Å². The fourth-order valence-electron chi connectivity index (χ4n) is 4.26. The van der Waals surface area contributed by atoms with Gasteiger partial charge in [-0.3, -0.25) is 4.79 Å². The highest BCUT2D eigenvalue weighted by Crippen LogP contribution is 2.44. The van der Waals surface area contributed by atoms with Crippen LogP contribution in [0.2, 0.25) is 0 Å². The molecule has 1 aliphatic rings. The van der Waals surface area contributed by atoms with Crippen LogP contribution in [0.15, 0.2) is 48.5 Å². The van der Waals surface area contributed by atoms with Gasteiger partial charge < -0.3 is 25.2 Å². The predicted molar refractivity (Wildman–Crippen MR) is 127 cm³/mol. The molecule has 182 valence electrons. The van der Waals surface area contributed by atoms with Crippen LogP contribution in [-0.2, 0) is 19.1 Å². The van der Waals surface area contributed by atoms with Crippen molar-refractivity contribution >= 4 is 18.0 Å². The molecule has 0 saturated heterocycles. The van der Waals surface area contributed by atoms with Crippen LogP contribution in [-0.4, -0.2) is 55.0 Å². The van der Waals surface area contributed by atoms with Crippen LogP contribution in [0.5, 0.6) is 0 Å². The lowest BCUT2D eigenvalue weighted by Gasteiger charge is -2.25. The summed E-state index contributed by atoms with van der Waals surface area (Å²) in [6.45, 7) is 5.49. The molecule has 8 heteroatoms. The number of methoxy groups -OCH3 is 1. The summed E-state index contributed by atoms with van der Waals surface area (Å²) in [5.41, 5.74) is 4.42. The predicted octanol–water partition coefficient (Wildman–Crippen LogP) is 3.54. The highest BCUT2D eigenvalue weighted by Gasteiger charge is 2.32. The van der Waals surface area contributed by atoms with Gasteiger partial charge in [-0.2, -0.15) is 0 Å². The quantitative estimate of drug-likeness (QED) is 0.491. The molecule has 3 rings (SSSR count). The Morgan fingerprint density at radius 3 is 2.00 bits per heavy atom. The highest BCUT2D eigenvalue weighted by atomic mass is 16.5. The monoisotopic (exact) mass is 468 g/mol. The fraction of sp³-hybridized carbons (Fsp3) is 0.423. The average molecular weight is 469 g/mol. The Bertz CT molecular complexity index is 992. The first kappa shape index (κ1) is 25.2. The highest BCUT2D eigenvalue weighted by molar-refractivity contribution is 5.89. The van der Waals surface area contributed by atoms with Gasteiger partial charge in [0.25, 0.3) is 0 Å². The summed E-state index contributed by atoms with van der Waals surface area (Å²) < 4.78 is 10.6. The Hall–Kier alpha value is -3.39. The topological polar surface area (TPSA) is 114 Å². The van der Waals surface area contributed by atoms with E-state index in [1.165, 1.54) is 7.11 Å². The molecule has 3 N–H and O–H groups in total. The third-order valence-corrected chi connectivity index (χ3v) is 6.06. The van der Waals surface area contributed by atoms with Crippen molar-refractivity contribution in [3.05, 3.63) is 59.7 Å². The third-order valence-electron chi connectivity index (χ3n) is 6.06. The first-order chi connectivity index (χ1) is 16.2. The molecule has 0 saturated carbocycles. The average Bonchev–Trinajstić information content (AvgIpc) is 3.13. The van der Waals surface area contributed by atoms with Crippen molar-refractivity contribution in [3.63, 3.8) is 0 Å². The molecule has 2 amide bonds. The molecular formula is C26H32N2O6. The number of nitrogens with one attached hydrogen (secondary N) is 2. The van der Waals surface area contributed by atoms with Crippen LogP contribution in [0.1, 0.15) is 44.2 Å². The van der Waals surface area contributed by atoms with Crippen LogP contribution in [0.3, 0.4) is 0 Å². The van der Waals surface area contributed by atoms with Crippen molar-refractivity contribution in [3.8, 4) is 11.1 Å². The van der Waals surface area contributed by atoms with E-state index in [-0.39, 0.29) is 18.4 Å². The van der Waals surface area contributed by atoms with E-state index in [0.29, 0.717) is 6.42 Å². The minimum Gasteiger partial charge on any atom is -0.480 e. The maximum Gasteiger partial charge on any atom is 0.407 e. The van der Waals surface area contributed by atoms with E-state index in [1.807, 2.05) is 50.2 Å². The lowest BCUT2D eigenvalue weighted by Crippen LogP contribution is -2.55. The Morgan fingerprint density at radius 2 is 1.50 bits per heavy atom. The maximum atomic E-state index is 12.8. The Balaban J connectivity index is 1.67. The first-order valence-corrected chi connectivity index (χ1v) is 11.4. The molecule has 0 radical (unpaired) electrons. The number of amides is 2. The van der Waals surface area contributed by atoms with Crippen LogP contribution in [0, 0.1) is 5.92 Å². The second-order valence-corrected chi connectivity index (χ2v) is 8.92. The standard InChI is InChI=1S/C26H32N2O6/c1-15(2)13-22(24(29)28-23(25(30)31)16(3)33-4)27-26(32)34-14-21-19-11-7-5-9-17(19)18-10-6-8-12-20(18)21/h5-12,15-16,21-23H,13-14H2,1-4H3,(H,27,32)(H,28,29)(H,30,31)/t16?,22-,23?/m1/s1. The molecule has 1 aliphatic carbocycles. The lowest BCUT2D eigenvalue weighted by atomic mass is 9.98. The first-order valence-electron chi connectivity index (χ1n) is 11.4. The van der Waals surface area contributed by atoms with Crippen molar-refractivity contribution in [1.29, 1.82) is 0 Å². The normalized spacial score (nSPS) is 15.1. The van der Waals surface area contributed by atoms with E-state index in [0.717, 1.165) is 22.3 Å². The minimum absolute atomic E-state index is 0.0766. The van der Waals surface area contributed by atoms with Gasteiger partial charge in [0.1, 0.15) is 12.6 Å². The van der Waals surface area contributed by atoms with Gasteiger partial charge >= 0.3 is 12.1 Å². The number of carbonyl (C=O) groups is 3. The lowest BCUT2D eigenvalue weighted by molar-refractivity contribution is -0.145. The number of hydrogen-bond donors (Lipinski definition) is 3. The van der Waals surface area contributed by atoms with E-state index in [1.54, 1.807) is 6.92 Å². The molecule has 3 atom stereocenters. The summed E-state index contributed by atoms with van der Waals surface area (Å²) in [5, 5.41) is 14.5. The number of rotatable bonds is 10. The van der Waals surface area contributed by atoms with E-state index in [4.69, 9.17) is 9.47 Å². The summed E-state index contributed by atoms with van der Waals surface area (Å²) in [6, 6.07) is 13.9. The molecule has 0 bridgehead atoms. The van der Waals surface area contributed by atoms with Gasteiger partial charge in [0.15, 0.2) is 6.04 Å². The number of hydrogen-bond acceptors (Lipinski definition) is 5. The van der Waals surface area contributed by atoms with E-state index < -0.39 is 36.2 Å². The summed E-state index contributed by atoms with van der Waals surface area (Å²) in [7, 11) is 1.37. The second kappa shape index (κ2) is 11.2. The fourth-order valence-corrected chi connectivity index (χ4v) is 4.26. The molecule has 0 aliphatic heterocycles. The number of fused-ring (bicyclic) bond motifs is 3. The van der Waals surface area contributed by atoms with Crippen LogP contribution in [0.4, 0.5) is 4.79 Å². The zero-order valence-electron chi connectivity index (χ0n) is 19.9. The van der Waals surface area contributed by atoms with Gasteiger partial charge in [-0.15, -0.1) is 0 Å². The van der Waals surface area contributed by atoms with Crippen molar-refractivity contribution in [2.45, 2.75) is 51.3 Å². The maximum absolute atomic E-state index is 12.8. The third kappa shape index (κ3) is 5.75. The number of benzene rings is 2. The number of ether oxygens (including phenoxy) is 2. The molecular weight excluding hydrogens is 436 g/mol. The molecule has 0 heterocycles. The smallest absolute Gasteiger partial charge is 0.407 e. The SMILES string of the molecule is COC(C)C(NC(=O)[C@@H](CC(C)C)NC(=O)OCC1c2ccccc2-c2ccccc21)C(=O)O. The van der Waals surface area contributed by atoms with Crippen LogP contribution >= 0.6 is 0 Å². The number of aliphatic carboxylic acids is 1. The van der Waals surface area contributed by atoms with Gasteiger partial charge in [0, 0.05) is 13.0 Å². The van der Waals surface area contributed by atoms with Gasteiger partial charge in [-0.1, -0.05) is 62.4 Å². The molecule has 2 aromatic rings. The molecule has 0 spiro atoms. The Morgan fingerprint density at radius 1 is 0.941 bits per heavy atom. The van der Waals surface area contributed by atoms with E-state index in [9.17, 15) is 19.5 Å². The second-order valence-electron chi connectivity index (χ2n) is 8.92.